The highest BCUT2D eigenvalue weighted by Crippen LogP contribution is 2.08. The minimum atomic E-state index is 0.00487. The zero-order chi connectivity index (χ0) is 11.4. The molecule has 0 fully saturated rings. The van der Waals surface area contributed by atoms with Crippen molar-refractivity contribution in [2.75, 3.05) is 5.32 Å². The van der Waals surface area contributed by atoms with Gasteiger partial charge in [0.25, 0.3) is 0 Å². The van der Waals surface area contributed by atoms with Crippen LogP contribution in [0.25, 0.3) is 5.65 Å². The average molecular weight is 218 g/mol. The molecule has 84 valence electrons. The second kappa shape index (κ2) is 4.74. The number of nitrogens with zero attached hydrogens (tertiary/aromatic N) is 3. The van der Waals surface area contributed by atoms with E-state index < -0.39 is 0 Å². The van der Waals surface area contributed by atoms with E-state index in [1.807, 2.05) is 12.1 Å². The Morgan fingerprint density at radius 1 is 1.56 bits per heavy atom. The van der Waals surface area contributed by atoms with Crippen LogP contribution in [0.5, 0.6) is 0 Å². The number of amides is 1. The average Bonchev–Trinajstić information content (AvgIpc) is 2.68. The number of imidazole rings is 1. The molecule has 2 rings (SSSR count). The van der Waals surface area contributed by atoms with Crippen LogP contribution in [0.15, 0.2) is 24.5 Å². The molecule has 0 aliphatic carbocycles. The van der Waals surface area contributed by atoms with E-state index >= 15 is 0 Å². The van der Waals surface area contributed by atoms with E-state index in [2.05, 4.69) is 22.3 Å². The lowest BCUT2D eigenvalue weighted by molar-refractivity contribution is -0.116. The standard InChI is InChI=1S/C11H14N4O/c1-2-3-6-11(16)14-9-8-15-10(13-9)5-4-7-12-15/h4-5,7-8H,2-3,6H2,1H3,(H,14,16). The van der Waals surface area contributed by atoms with E-state index in [4.69, 9.17) is 0 Å². The summed E-state index contributed by atoms with van der Waals surface area (Å²) in [5.74, 6) is 0.560. The number of fused-ring (bicyclic) bond motifs is 1. The van der Waals surface area contributed by atoms with Gasteiger partial charge in [-0.1, -0.05) is 13.3 Å². The Morgan fingerprint density at radius 2 is 2.44 bits per heavy atom. The van der Waals surface area contributed by atoms with Crippen molar-refractivity contribution in [3.05, 3.63) is 24.5 Å². The van der Waals surface area contributed by atoms with Crippen molar-refractivity contribution >= 4 is 17.4 Å². The van der Waals surface area contributed by atoms with Crippen LogP contribution in [0.4, 0.5) is 5.82 Å². The fourth-order valence-electron chi connectivity index (χ4n) is 1.43. The van der Waals surface area contributed by atoms with Gasteiger partial charge in [0.15, 0.2) is 11.5 Å². The molecule has 0 radical (unpaired) electrons. The van der Waals surface area contributed by atoms with E-state index in [1.165, 1.54) is 0 Å². The Hall–Kier alpha value is -1.91. The summed E-state index contributed by atoms with van der Waals surface area (Å²) < 4.78 is 1.63. The van der Waals surface area contributed by atoms with Gasteiger partial charge in [-0.05, 0) is 18.6 Å². The fourth-order valence-corrected chi connectivity index (χ4v) is 1.43. The van der Waals surface area contributed by atoms with Crippen LogP contribution in [-0.2, 0) is 4.79 Å². The number of hydrogen-bond donors (Lipinski definition) is 1. The molecule has 0 aliphatic heterocycles. The van der Waals surface area contributed by atoms with Crippen molar-refractivity contribution < 1.29 is 4.79 Å². The summed E-state index contributed by atoms with van der Waals surface area (Å²) in [6, 6.07) is 3.65. The topological polar surface area (TPSA) is 59.3 Å². The van der Waals surface area contributed by atoms with Crippen molar-refractivity contribution in [2.45, 2.75) is 26.2 Å². The predicted octanol–water partition coefficient (Wildman–Crippen LogP) is 1.86. The van der Waals surface area contributed by atoms with Crippen LogP contribution in [0, 0.1) is 0 Å². The first-order chi connectivity index (χ1) is 7.79. The van der Waals surface area contributed by atoms with Gasteiger partial charge < -0.3 is 5.32 Å². The van der Waals surface area contributed by atoms with Gasteiger partial charge in [-0.25, -0.2) is 9.50 Å². The Labute approximate surface area is 93.5 Å². The molecule has 0 saturated heterocycles. The molecule has 5 nitrogen and oxygen atoms in total. The minimum absolute atomic E-state index is 0.00487. The lowest BCUT2D eigenvalue weighted by atomic mass is 10.2. The molecule has 0 spiro atoms. The summed E-state index contributed by atoms with van der Waals surface area (Å²) in [5, 5.41) is 6.83. The van der Waals surface area contributed by atoms with Crippen molar-refractivity contribution in [2.24, 2.45) is 0 Å². The van der Waals surface area contributed by atoms with E-state index in [0.717, 1.165) is 18.5 Å². The molecule has 0 unspecified atom stereocenters. The number of carbonyl (C=O) groups excluding carboxylic acids is 1. The summed E-state index contributed by atoms with van der Waals surface area (Å²) in [5.41, 5.74) is 0.730. The van der Waals surface area contributed by atoms with Crippen molar-refractivity contribution in [1.29, 1.82) is 0 Å². The molecule has 0 atom stereocenters. The van der Waals surface area contributed by atoms with Gasteiger partial charge in [-0.15, -0.1) is 0 Å². The molecule has 0 bridgehead atoms. The fraction of sp³-hybridized carbons (Fsp3) is 0.364. The van der Waals surface area contributed by atoms with Crippen LogP contribution in [0.3, 0.4) is 0 Å². The van der Waals surface area contributed by atoms with Crippen LogP contribution < -0.4 is 5.32 Å². The Kier molecular flexibility index (Phi) is 3.14. The number of unbranched alkanes of at least 4 members (excludes halogenated alkanes) is 1. The third-order valence-electron chi connectivity index (χ3n) is 2.26. The number of rotatable bonds is 4. The van der Waals surface area contributed by atoms with E-state index in [1.54, 1.807) is 16.9 Å². The SMILES string of the molecule is CCCCC(=O)Nc1cn2ncccc2n1. The second-order valence-electron chi connectivity index (χ2n) is 3.60. The molecule has 1 N–H and O–H groups in total. The molecule has 2 aromatic heterocycles. The zero-order valence-corrected chi connectivity index (χ0v) is 9.18. The van der Waals surface area contributed by atoms with Crippen molar-refractivity contribution in [1.82, 2.24) is 14.6 Å². The summed E-state index contributed by atoms with van der Waals surface area (Å²) in [6.45, 7) is 2.06. The Bertz CT molecular complexity index is 458. The minimum Gasteiger partial charge on any atom is -0.309 e. The third kappa shape index (κ3) is 2.36. The number of carbonyl (C=O) groups is 1. The van der Waals surface area contributed by atoms with E-state index in [0.29, 0.717) is 12.2 Å². The summed E-state index contributed by atoms with van der Waals surface area (Å²) >= 11 is 0. The van der Waals surface area contributed by atoms with Gasteiger partial charge in [0.1, 0.15) is 0 Å². The maximum absolute atomic E-state index is 11.5. The van der Waals surface area contributed by atoms with Crippen LogP contribution in [0.2, 0.25) is 0 Å². The first-order valence-corrected chi connectivity index (χ1v) is 5.40. The third-order valence-corrected chi connectivity index (χ3v) is 2.26. The molecular formula is C11H14N4O. The summed E-state index contributed by atoms with van der Waals surface area (Å²) in [7, 11) is 0. The van der Waals surface area contributed by atoms with Gasteiger partial charge in [0.05, 0.1) is 6.20 Å². The normalized spacial score (nSPS) is 10.6. The van der Waals surface area contributed by atoms with Crippen molar-refractivity contribution in [3.63, 3.8) is 0 Å². The largest absolute Gasteiger partial charge is 0.309 e. The molecule has 16 heavy (non-hydrogen) atoms. The lowest BCUT2D eigenvalue weighted by Gasteiger charge is -1.99. The van der Waals surface area contributed by atoms with Crippen molar-refractivity contribution in [3.8, 4) is 0 Å². The molecule has 1 amide bonds. The zero-order valence-electron chi connectivity index (χ0n) is 9.18. The van der Waals surface area contributed by atoms with Gasteiger partial charge in [-0.3, -0.25) is 4.79 Å². The quantitative estimate of drug-likeness (QED) is 0.852. The highest BCUT2D eigenvalue weighted by atomic mass is 16.1. The van der Waals surface area contributed by atoms with E-state index in [9.17, 15) is 4.79 Å². The highest BCUT2D eigenvalue weighted by Gasteiger charge is 2.05. The van der Waals surface area contributed by atoms with Crippen LogP contribution in [0.1, 0.15) is 26.2 Å². The highest BCUT2D eigenvalue weighted by molar-refractivity contribution is 5.89. The molecule has 2 heterocycles. The van der Waals surface area contributed by atoms with Gasteiger partial charge in [0.2, 0.25) is 5.91 Å². The van der Waals surface area contributed by atoms with Crippen LogP contribution in [-0.4, -0.2) is 20.5 Å². The predicted molar refractivity (Wildman–Crippen MR) is 61.1 cm³/mol. The summed E-state index contributed by atoms with van der Waals surface area (Å²) in [4.78, 5) is 15.7. The second-order valence-corrected chi connectivity index (χ2v) is 3.60. The molecule has 0 saturated carbocycles. The molecule has 0 aliphatic rings. The number of nitrogens with one attached hydrogen (secondary N) is 1. The Balaban J connectivity index is 2.07. The maximum Gasteiger partial charge on any atom is 0.225 e. The smallest absolute Gasteiger partial charge is 0.225 e. The first-order valence-electron chi connectivity index (χ1n) is 5.40. The van der Waals surface area contributed by atoms with E-state index in [-0.39, 0.29) is 5.91 Å². The molecule has 2 aromatic rings. The first kappa shape index (κ1) is 10.6. The van der Waals surface area contributed by atoms with Crippen LogP contribution >= 0.6 is 0 Å². The number of hydrogen-bond acceptors (Lipinski definition) is 3. The number of anilines is 1. The summed E-state index contributed by atoms with van der Waals surface area (Å²) in [6.07, 6.45) is 5.84. The maximum atomic E-state index is 11.5. The van der Waals surface area contributed by atoms with Gasteiger partial charge >= 0.3 is 0 Å². The molecule has 5 heteroatoms. The molecular weight excluding hydrogens is 204 g/mol. The monoisotopic (exact) mass is 218 g/mol. The number of aromatic nitrogens is 3. The lowest BCUT2D eigenvalue weighted by Crippen LogP contribution is -2.11. The molecule has 0 aromatic carbocycles. The van der Waals surface area contributed by atoms with Gasteiger partial charge in [0, 0.05) is 12.6 Å². The van der Waals surface area contributed by atoms with Gasteiger partial charge in [-0.2, -0.15) is 5.10 Å². The Morgan fingerprint density at radius 3 is 3.19 bits per heavy atom.